The number of carbonyl (C=O) groups excluding carboxylic acids is 3. The molecule has 0 atom stereocenters. The minimum absolute atomic E-state index is 0.169. The van der Waals surface area contributed by atoms with Gasteiger partial charge in [-0.15, -0.1) is 0 Å². The Morgan fingerprint density at radius 3 is 2.33 bits per heavy atom. The van der Waals surface area contributed by atoms with Crippen molar-refractivity contribution in [1.82, 2.24) is 5.32 Å². The van der Waals surface area contributed by atoms with E-state index in [1.807, 2.05) is 74.5 Å². The fourth-order valence-corrected chi connectivity index (χ4v) is 4.34. The number of benzene rings is 4. The van der Waals surface area contributed by atoms with E-state index in [2.05, 4.69) is 5.32 Å². The number of hydrogen-bond acceptors (Lipinski definition) is 5. The summed E-state index contributed by atoms with van der Waals surface area (Å²) in [6.45, 7) is 4.90. The van der Waals surface area contributed by atoms with Crippen LogP contribution in [-0.2, 0) is 16.2 Å². The van der Waals surface area contributed by atoms with Crippen LogP contribution in [0.4, 0.5) is 10.5 Å². The number of urea groups is 1. The molecule has 4 aromatic carbocycles. The molecule has 7 heteroatoms. The van der Waals surface area contributed by atoms with E-state index in [1.165, 1.54) is 6.08 Å². The van der Waals surface area contributed by atoms with Gasteiger partial charge in [-0.3, -0.25) is 14.9 Å². The van der Waals surface area contributed by atoms with E-state index in [0.29, 0.717) is 36.0 Å². The van der Waals surface area contributed by atoms with E-state index in [0.717, 1.165) is 33.2 Å². The molecule has 0 unspecified atom stereocenters. The van der Waals surface area contributed by atoms with Crippen LogP contribution in [-0.4, -0.2) is 24.5 Å². The maximum atomic E-state index is 13.6. The predicted molar refractivity (Wildman–Crippen MR) is 151 cm³/mol. The second-order valence-electron chi connectivity index (χ2n) is 9.27. The smallest absolute Gasteiger partial charge is 0.335 e. The van der Waals surface area contributed by atoms with E-state index in [9.17, 15) is 14.4 Å². The third-order valence-electron chi connectivity index (χ3n) is 6.40. The van der Waals surface area contributed by atoms with Crippen molar-refractivity contribution in [3.05, 3.63) is 107 Å². The molecular formula is C32H28N2O5. The molecule has 1 aliphatic heterocycles. The maximum absolute atomic E-state index is 13.6. The van der Waals surface area contributed by atoms with Gasteiger partial charge in [-0.05, 0) is 66.1 Å². The second-order valence-corrected chi connectivity index (χ2v) is 9.27. The van der Waals surface area contributed by atoms with Crippen LogP contribution in [0.5, 0.6) is 11.5 Å². The molecule has 1 saturated heterocycles. The summed E-state index contributed by atoms with van der Waals surface area (Å²) in [6.07, 6.45) is 2.36. The Labute approximate surface area is 226 Å². The highest BCUT2D eigenvalue weighted by atomic mass is 16.5. The number of aryl methyl sites for hydroxylation is 1. The summed E-state index contributed by atoms with van der Waals surface area (Å²) in [5.74, 6) is -0.336. The summed E-state index contributed by atoms with van der Waals surface area (Å²) in [7, 11) is 0. The number of nitrogens with zero attached hydrogens (tertiary/aromatic N) is 1. The van der Waals surface area contributed by atoms with Crippen molar-refractivity contribution in [2.75, 3.05) is 11.5 Å². The van der Waals surface area contributed by atoms with Crippen molar-refractivity contribution < 1.29 is 23.9 Å². The van der Waals surface area contributed by atoms with Gasteiger partial charge in [-0.1, -0.05) is 67.1 Å². The molecule has 0 saturated carbocycles. The SMILES string of the molecule is CCCOc1ccc(N2C(=O)NC(=O)/C(=C/c3c(OCc4ccc(C)cc4)ccc4ccccc34)C2=O)cc1. The van der Waals surface area contributed by atoms with Crippen LogP contribution in [0.3, 0.4) is 0 Å². The van der Waals surface area contributed by atoms with Crippen LogP contribution >= 0.6 is 0 Å². The number of barbiturate groups is 1. The molecule has 0 spiro atoms. The molecule has 1 fully saturated rings. The standard InChI is InChI=1S/C32H28N2O5/c1-3-18-38-25-15-13-24(14-16-25)34-31(36)28(30(35)33-32(34)37)19-27-26-7-5-4-6-23(26)12-17-29(27)39-20-22-10-8-21(2)9-11-22/h4-17,19H,3,18,20H2,1-2H3,(H,33,35,37)/b28-19-. The Morgan fingerprint density at radius 1 is 0.846 bits per heavy atom. The van der Waals surface area contributed by atoms with Crippen molar-refractivity contribution in [3.8, 4) is 11.5 Å². The molecule has 4 amide bonds. The zero-order chi connectivity index (χ0) is 27.4. The van der Waals surface area contributed by atoms with Gasteiger partial charge in [0.15, 0.2) is 0 Å². The van der Waals surface area contributed by atoms with Gasteiger partial charge >= 0.3 is 6.03 Å². The fraction of sp³-hybridized carbons (Fsp3) is 0.156. The van der Waals surface area contributed by atoms with Crippen molar-refractivity contribution in [2.24, 2.45) is 0 Å². The molecule has 196 valence electrons. The summed E-state index contributed by atoms with van der Waals surface area (Å²) in [5, 5.41) is 4.03. The number of rotatable bonds is 8. The Morgan fingerprint density at radius 2 is 1.59 bits per heavy atom. The molecule has 39 heavy (non-hydrogen) atoms. The number of amides is 4. The number of nitrogens with one attached hydrogen (secondary N) is 1. The molecule has 4 aromatic rings. The summed E-state index contributed by atoms with van der Waals surface area (Å²) in [6, 6.07) is 25.2. The van der Waals surface area contributed by atoms with Crippen molar-refractivity contribution in [1.29, 1.82) is 0 Å². The second kappa shape index (κ2) is 11.2. The summed E-state index contributed by atoms with van der Waals surface area (Å²) in [4.78, 5) is 40.2. The van der Waals surface area contributed by atoms with Crippen molar-refractivity contribution >= 4 is 40.4 Å². The average Bonchev–Trinajstić information content (AvgIpc) is 2.94. The molecular weight excluding hydrogens is 492 g/mol. The number of anilines is 1. The molecule has 0 radical (unpaired) electrons. The Kier molecular flexibility index (Phi) is 7.41. The quantitative estimate of drug-likeness (QED) is 0.221. The van der Waals surface area contributed by atoms with Gasteiger partial charge in [-0.25, -0.2) is 9.69 Å². The van der Waals surface area contributed by atoms with Crippen molar-refractivity contribution in [2.45, 2.75) is 26.9 Å². The first-order chi connectivity index (χ1) is 18.9. The first-order valence-corrected chi connectivity index (χ1v) is 12.8. The van der Waals surface area contributed by atoms with Gasteiger partial charge in [0.1, 0.15) is 23.7 Å². The lowest BCUT2D eigenvalue weighted by Crippen LogP contribution is -2.54. The van der Waals surface area contributed by atoms with Gasteiger partial charge in [-0.2, -0.15) is 0 Å². The van der Waals surface area contributed by atoms with Gasteiger partial charge < -0.3 is 9.47 Å². The van der Waals surface area contributed by atoms with Crippen LogP contribution in [0.25, 0.3) is 16.8 Å². The first kappa shape index (κ1) is 25.7. The zero-order valence-corrected chi connectivity index (χ0v) is 21.8. The Bertz CT molecular complexity index is 1570. The lowest BCUT2D eigenvalue weighted by atomic mass is 9.99. The number of fused-ring (bicyclic) bond motifs is 1. The van der Waals surface area contributed by atoms with E-state index in [-0.39, 0.29) is 5.57 Å². The highest BCUT2D eigenvalue weighted by Gasteiger charge is 2.37. The summed E-state index contributed by atoms with van der Waals surface area (Å²) in [5.41, 5.74) is 2.88. The molecule has 0 aliphatic carbocycles. The van der Waals surface area contributed by atoms with Crippen LogP contribution in [0.15, 0.2) is 90.5 Å². The molecule has 1 N–H and O–H groups in total. The van der Waals surface area contributed by atoms with Crippen LogP contribution < -0.4 is 19.7 Å². The largest absolute Gasteiger partial charge is 0.494 e. The van der Waals surface area contributed by atoms with E-state index in [4.69, 9.17) is 9.47 Å². The number of carbonyl (C=O) groups is 3. The Hall–Kier alpha value is -4.91. The van der Waals surface area contributed by atoms with Gasteiger partial charge in [0.25, 0.3) is 11.8 Å². The van der Waals surface area contributed by atoms with Gasteiger partial charge in [0, 0.05) is 5.56 Å². The molecule has 1 heterocycles. The minimum Gasteiger partial charge on any atom is -0.494 e. The average molecular weight is 521 g/mol. The number of hydrogen-bond donors (Lipinski definition) is 1. The predicted octanol–water partition coefficient (Wildman–Crippen LogP) is 6.18. The van der Waals surface area contributed by atoms with E-state index in [1.54, 1.807) is 24.3 Å². The van der Waals surface area contributed by atoms with Gasteiger partial charge in [0.2, 0.25) is 0 Å². The highest BCUT2D eigenvalue weighted by Crippen LogP contribution is 2.32. The van der Waals surface area contributed by atoms with Gasteiger partial charge in [0.05, 0.1) is 12.3 Å². The lowest BCUT2D eigenvalue weighted by molar-refractivity contribution is -0.122. The lowest BCUT2D eigenvalue weighted by Gasteiger charge is -2.26. The third-order valence-corrected chi connectivity index (χ3v) is 6.40. The van der Waals surface area contributed by atoms with Crippen LogP contribution in [0.2, 0.25) is 0 Å². The zero-order valence-electron chi connectivity index (χ0n) is 21.8. The van der Waals surface area contributed by atoms with E-state index < -0.39 is 17.8 Å². The fourth-order valence-electron chi connectivity index (χ4n) is 4.34. The number of imide groups is 2. The molecule has 0 bridgehead atoms. The first-order valence-electron chi connectivity index (χ1n) is 12.8. The monoisotopic (exact) mass is 520 g/mol. The minimum atomic E-state index is -0.807. The highest BCUT2D eigenvalue weighted by molar-refractivity contribution is 6.39. The topological polar surface area (TPSA) is 84.9 Å². The maximum Gasteiger partial charge on any atom is 0.335 e. The molecule has 0 aromatic heterocycles. The van der Waals surface area contributed by atoms with Crippen LogP contribution in [0.1, 0.15) is 30.0 Å². The normalized spacial score (nSPS) is 14.6. The summed E-state index contributed by atoms with van der Waals surface area (Å²) < 4.78 is 11.8. The van der Waals surface area contributed by atoms with Crippen molar-refractivity contribution in [3.63, 3.8) is 0 Å². The molecule has 7 nitrogen and oxygen atoms in total. The Balaban J connectivity index is 1.51. The van der Waals surface area contributed by atoms with E-state index >= 15 is 0 Å². The number of ether oxygens (including phenoxy) is 2. The molecule has 5 rings (SSSR count). The molecule has 1 aliphatic rings. The third kappa shape index (κ3) is 5.52. The summed E-state index contributed by atoms with van der Waals surface area (Å²) >= 11 is 0. The van der Waals surface area contributed by atoms with Crippen LogP contribution in [0, 0.1) is 6.92 Å².